The van der Waals surface area contributed by atoms with Crippen molar-refractivity contribution in [1.82, 2.24) is 9.78 Å². The van der Waals surface area contributed by atoms with Crippen LogP contribution in [-0.2, 0) is 18.3 Å². The molecule has 2 N–H and O–H groups in total. The number of hydrogen-bond acceptors (Lipinski definition) is 3. The van der Waals surface area contributed by atoms with Crippen molar-refractivity contribution in [3.63, 3.8) is 0 Å². The second kappa shape index (κ2) is 4.37. The second-order valence-electron chi connectivity index (χ2n) is 4.82. The van der Waals surface area contributed by atoms with Crippen molar-refractivity contribution in [2.24, 2.45) is 18.7 Å². The average Bonchev–Trinajstić information content (AvgIpc) is 2.95. The molecule has 0 spiro atoms. The van der Waals surface area contributed by atoms with Crippen LogP contribution in [0.1, 0.15) is 30.7 Å². The molecule has 1 saturated carbocycles. The van der Waals surface area contributed by atoms with Gasteiger partial charge in [0.15, 0.2) is 0 Å². The molecule has 1 aliphatic rings. The zero-order chi connectivity index (χ0) is 11.7. The lowest BCUT2D eigenvalue weighted by atomic mass is 10.0. The summed E-state index contributed by atoms with van der Waals surface area (Å²) in [7, 11) is 1.87. The molecular weight excluding hydrogens is 202 g/mol. The van der Waals surface area contributed by atoms with Crippen LogP contribution in [0, 0.1) is 12.8 Å². The molecule has 2 rings (SSSR count). The van der Waals surface area contributed by atoms with Crippen LogP contribution in [0.5, 0.6) is 0 Å². The highest BCUT2D eigenvalue weighted by Crippen LogP contribution is 2.32. The van der Waals surface area contributed by atoms with Crippen molar-refractivity contribution < 1.29 is 4.79 Å². The standard InChI is InChI=1S/C12H19N3O/c1-8-5-10(15(2)14-8)6-11(16)7-12(13)9-3-4-9/h5,9,12H,3-4,6-7,13H2,1-2H3. The van der Waals surface area contributed by atoms with Gasteiger partial charge in [-0.05, 0) is 31.7 Å². The molecule has 88 valence electrons. The number of nitrogens with two attached hydrogens (primary N) is 1. The molecular formula is C12H19N3O. The lowest BCUT2D eigenvalue weighted by Crippen LogP contribution is -2.26. The van der Waals surface area contributed by atoms with E-state index >= 15 is 0 Å². The van der Waals surface area contributed by atoms with E-state index in [2.05, 4.69) is 5.10 Å². The summed E-state index contributed by atoms with van der Waals surface area (Å²) in [4.78, 5) is 11.8. The maximum absolute atomic E-state index is 11.8. The summed E-state index contributed by atoms with van der Waals surface area (Å²) in [6.45, 7) is 1.93. The van der Waals surface area contributed by atoms with E-state index in [-0.39, 0.29) is 11.8 Å². The minimum Gasteiger partial charge on any atom is -0.327 e. The van der Waals surface area contributed by atoms with E-state index in [1.165, 1.54) is 12.8 Å². The van der Waals surface area contributed by atoms with Crippen LogP contribution in [0.4, 0.5) is 0 Å². The van der Waals surface area contributed by atoms with Crippen LogP contribution in [0.25, 0.3) is 0 Å². The number of nitrogens with zero attached hydrogens (tertiary/aromatic N) is 2. The molecule has 0 amide bonds. The summed E-state index contributed by atoms with van der Waals surface area (Å²) in [5, 5.41) is 4.22. The SMILES string of the molecule is Cc1cc(CC(=O)CC(N)C2CC2)n(C)n1. The van der Waals surface area contributed by atoms with Gasteiger partial charge in [0, 0.05) is 31.6 Å². The summed E-state index contributed by atoms with van der Waals surface area (Å²) in [5.74, 6) is 0.819. The van der Waals surface area contributed by atoms with Gasteiger partial charge in [0.25, 0.3) is 0 Å². The van der Waals surface area contributed by atoms with E-state index in [9.17, 15) is 4.79 Å². The summed E-state index contributed by atoms with van der Waals surface area (Å²) in [6.07, 6.45) is 3.35. The Morgan fingerprint density at radius 2 is 2.38 bits per heavy atom. The van der Waals surface area contributed by atoms with Gasteiger partial charge in [-0.3, -0.25) is 9.48 Å². The van der Waals surface area contributed by atoms with Gasteiger partial charge in [-0.25, -0.2) is 0 Å². The van der Waals surface area contributed by atoms with E-state index in [4.69, 9.17) is 5.73 Å². The summed E-state index contributed by atoms with van der Waals surface area (Å²) in [5.41, 5.74) is 7.87. The molecule has 1 aromatic rings. The molecule has 1 atom stereocenters. The van der Waals surface area contributed by atoms with Crippen LogP contribution in [-0.4, -0.2) is 21.6 Å². The molecule has 1 unspecified atom stereocenters. The number of aromatic nitrogens is 2. The predicted molar refractivity (Wildman–Crippen MR) is 62.0 cm³/mol. The monoisotopic (exact) mass is 221 g/mol. The van der Waals surface area contributed by atoms with E-state index in [1.54, 1.807) is 4.68 Å². The first kappa shape index (κ1) is 11.3. The third-order valence-electron chi connectivity index (χ3n) is 3.17. The first-order valence-corrected chi connectivity index (χ1v) is 5.83. The highest BCUT2D eigenvalue weighted by Gasteiger charge is 2.29. The largest absolute Gasteiger partial charge is 0.327 e. The van der Waals surface area contributed by atoms with Crippen LogP contribution in [0.3, 0.4) is 0 Å². The lowest BCUT2D eigenvalue weighted by Gasteiger charge is -2.08. The zero-order valence-electron chi connectivity index (χ0n) is 9.94. The van der Waals surface area contributed by atoms with Gasteiger partial charge in [-0.15, -0.1) is 0 Å². The normalized spacial score (nSPS) is 17.4. The number of aryl methyl sites for hydroxylation is 2. The van der Waals surface area contributed by atoms with Crippen molar-refractivity contribution in [2.45, 2.75) is 38.6 Å². The van der Waals surface area contributed by atoms with E-state index in [0.29, 0.717) is 18.8 Å². The van der Waals surface area contributed by atoms with Crippen LogP contribution in [0.2, 0.25) is 0 Å². The maximum Gasteiger partial charge on any atom is 0.140 e. The molecule has 4 heteroatoms. The Morgan fingerprint density at radius 3 is 2.88 bits per heavy atom. The zero-order valence-corrected chi connectivity index (χ0v) is 9.94. The summed E-state index contributed by atoms with van der Waals surface area (Å²) in [6, 6.07) is 2.03. The first-order valence-electron chi connectivity index (χ1n) is 5.83. The van der Waals surface area contributed by atoms with E-state index in [1.807, 2.05) is 20.0 Å². The van der Waals surface area contributed by atoms with Crippen molar-refractivity contribution in [3.05, 3.63) is 17.5 Å². The van der Waals surface area contributed by atoms with Crippen molar-refractivity contribution in [2.75, 3.05) is 0 Å². The molecule has 0 aliphatic heterocycles. The minimum atomic E-state index is 0.0711. The van der Waals surface area contributed by atoms with E-state index < -0.39 is 0 Å². The Kier molecular flexibility index (Phi) is 3.10. The molecule has 0 aromatic carbocycles. The topological polar surface area (TPSA) is 60.9 Å². The van der Waals surface area contributed by atoms with Crippen molar-refractivity contribution in [1.29, 1.82) is 0 Å². The predicted octanol–water partition coefficient (Wildman–Crippen LogP) is 0.968. The highest BCUT2D eigenvalue weighted by molar-refractivity contribution is 5.81. The van der Waals surface area contributed by atoms with Crippen LogP contribution in [0.15, 0.2) is 6.07 Å². The molecule has 16 heavy (non-hydrogen) atoms. The fourth-order valence-electron chi connectivity index (χ4n) is 2.06. The number of ketones is 1. The van der Waals surface area contributed by atoms with Crippen LogP contribution < -0.4 is 5.73 Å². The summed E-state index contributed by atoms with van der Waals surface area (Å²) < 4.78 is 1.77. The van der Waals surface area contributed by atoms with E-state index in [0.717, 1.165) is 11.4 Å². The van der Waals surface area contributed by atoms with Crippen molar-refractivity contribution in [3.8, 4) is 0 Å². The number of rotatable bonds is 5. The van der Waals surface area contributed by atoms with Gasteiger partial charge in [0.05, 0.1) is 5.69 Å². The van der Waals surface area contributed by atoms with Gasteiger partial charge >= 0.3 is 0 Å². The Labute approximate surface area is 95.8 Å². The summed E-state index contributed by atoms with van der Waals surface area (Å²) >= 11 is 0. The van der Waals surface area contributed by atoms with Gasteiger partial charge < -0.3 is 5.73 Å². The highest BCUT2D eigenvalue weighted by atomic mass is 16.1. The second-order valence-corrected chi connectivity index (χ2v) is 4.82. The fourth-order valence-corrected chi connectivity index (χ4v) is 2.06. The molecule has 4 nitrogen and oxygen atoms in total. The third-order valence-corrected chi connectivity index (χ3v) is 3.17. The maximum atomic E-state index is 11.8. The number of carbonyl (C=O) groups excluding carboxylic acids is 1. The molecule has 0 saturated heterocycles. The molecule has 1 heterocycles. The first-order chi connectivity index (χ1) is 7.56. The number of Topliss-reactive ketones (excluding diaryl/α,β-unsaturated/α-hetero) is 1. The minimum absolute atomic E-state index is 0.0711. The molecule has 0 radical (unpaired) electrons. The quantitative estimate of drug-likeness (QED) is 0.806. The van der Waals surface area contributed by atoms with Crippen LogP contribution >= 0.6 is 0 Å². The Hall–Kier alpha value is -1.16. The Morgan fingerprint density at radius 1 is 1.69 bits per heavy atom. The average molecular weight is 221 g/mol. The smallest absolute Gasteiger partial charge is 0.140 e. The number of hydrogen-bond donors (Lipinski definition) is 1. The van der Waals surface area contributed by atoms with Gasteiger partial charge in [-0.1, -0.05) is 0 Å². The Bertz CT molecular complexity index is 393. The Balaban J connectivity index is 1.88. The van der Waals surface area contributed by atoms with Crippen molar-refractivity contribution >= 4 is 5.78 Å². The molecule has 0 bridgehead atoms. The van der Waals surface area contributed by atoms with Gasteiger partial charge in [0.1, 0.15) is 5.78 Å². The van der Waals surface area contributed by atoms with Gasteiger partial charge in [0.2, 0.25) is 0 Å². The molecule has 1 aromatic heterocycles. The molecule has 1 aliphatic carbocycles. The number of carbonyl (C=O) groups is 1. The molecule has 1 fully saturated rings. The van der Waals surface area contributed by atoms with Gasteiger partial charge in [-0.2, -0.15) is 5.10 Å². The third kappa shape index (κ3) is 2.70. The lowest BCUT2D eigenvalue weighted by molar-refractivity contribution is -0.118. The fraction of sp³-hybridized carbons (Fsp3) is 0.667.